The molecular formula is C10H19N3O4S. The average Bonchev–Trinajstić information content (AvgIpc) is 2.81. The Balaban J connectivity index is 1.97. The van der Waals surface area contributed by atoms with Crippen LogP contribution in [0.15, 0.2) is 0 Å². The Bertz CT molecular complexity index is 405. The van der Waals surface area contributed by atoms with E-state index in [1.165, 1.54) is 4.31 Å². The molecule has 0 aliphatic carbocycles. The molecule has 0 aromatic heterocycles. The molecule has 2 aliphatic heterocycles. The number of hydrogen-bond acceptors (Lipinski definition) is 5. The first kappa shape index (κ1) is 13.7. The lowest BCUT2D eigenvalue weighted by Gasteiger charge is -2.32. The summed E-state index contributed by atoms with van der Waals surface area (Å²) < 4.78 is 36.3. The zero-order valence-electron chi connectivity index (χ0n) is 10.2. The van der Waals surface area contributed by atoms with Crippen molar-refractivity contribution in [1.29, 1.82) is 5.41 Å². The van der Waals surface area contributed by atoms with Crippen molar-refractivity contribution in [2.24, 2.45) is 5.73 Å². The number of nitrogens with two attached hydrogens (primary N) is 1. The summed E-state index contributed by atoms with van der Waals surface area (Å²) in [6, 6.07) is 0. The first-order valence-corrected chi connectivity index (χ1v) is 7.65. The van der Waals surface area contributed by atoms with Crippen LogP contribution in [0.2, 0.25) is 0 Å². The molecule has 2 aliphatic rings. The molecular weight excluding hydrogens is 258 g/mol. The second-order valence-electron chi connectivity index (χ2n) is 4.59. The molecule has 2 heterocycles. The van der Waals surface area contributed by atoms with Gasteiger partial charge in [-0.05, 0) is 12.8 Å². The van der Waals surface area contributed by atoms with Gasteiger partial charge in [0.2, 0.25) is 10.0 Å². The zero-order valence-corrected chi connectivity index (χ0v) is 11.0. The fourth-order valence-electron chi connectivity index (χ4n) is 2.18. The van der Waals surface area contributed by atoms with E-state index < -0.39 is 16.1 Å². The van der Waals surface area contributed by atoms with Crippen LogP contribution >= 0.6 is 0 Å². The van der Waals surface area contributed by atoms with Crippen LogP contribution in [0, 0.1) is 5.41 Å². The van der Waals surface area contributed by atoms with Crippen LogP contribution in [0.3, 0.4) is 0 Å². The van der Waals surface area contributed by atoms with Crippen LogP contribution in [0.5, 0.6) is 0 Å². The quantitative estimate of drug-likeness (QED) is 0.513. The molecule has 8 heteroatoms. The van der Waals surface area contributed by atoms with Crippen molar-refractivity contribution in [3.63, 3.8) is 0 Å². The predicted molar refractivity (Wildman–Crippen MR) is 66.0 cm³/mol. The fraction of sp³-hybridized carbons (Fsp3) is 0.900. The minimum absolute atomic E-state index is 0.0115. The van der Waals surface area contributed by atoms with Gasteiger partial charge >= 0.3 is 0 Å². The molecule has 0 aromatic rings. The second kappa shape index (κ2) is 5.52. The zero-order chi connectivity index (χ0) is 13.2. The largest absolute Gasteiger partial charge is 0.385 e. The maximum atomic E-state index is 12.2. The van der Waals surface area contributed by atoms with Crippen molar-refractivity contribution >= 4 is 15.9 Å². The van der Waals surface area contributed by atoms with Crippen molar-refractivity contribution < 1.29 is 17.9 Å². The Hall–Kier alpha value is -0.700. The third-order valence-electron chi connectivity index (χ3n) is 3.19. The summed E-state index contributed by atoms with van der Waals surface area (Å²) in [6.45, 7) is 1.36. The smallest absolute Gasteiger partial charge is 0.216 e. The monoisotopic (exact) mass is 277 g/mol. The Morgan fingerprint density at radius 1 is 1.39 bits per heavy atom. The van der Waals surface area contributed by atoms with Crippen molar-refractivity contribution in [2.45, 2.75) is 25.0 Å². The number of sulfonamides is 1. The van der Waals surface area contributed by atoms with Crippen molar-refractivity contribution in [3.8, 4) is 0 Å². The summed E-state index contributed by atoms with van der Waals surface area (Å²) in [4.78, 5) is 0. The van der Waals surface area contributed by atoms with Crippen molar-refractivity contribution in [2.75, 3.05) is 32.1 Å². The summed E-state index contributed by atoms with van der Waals surface area (Å²) in [5.41, 5.74) is 5.35. The highest BCUT2D eigenvalue weighted by atomic mass is 32.2. The molecule has 2 saturated heterocycles. The van der Waals surface area contributed by atoms with E-state index >= 15 is 0 Å². The van der Waals surface area contributed by atoms with Crippen molar-refractivity contribution in [1.82, 2.24) is 4.31 Å². The Labute approximate surface area is 107 Å². The number of ether oxygens (including phenoxy) is 2. The summed E-state index contributed by atoms with van der Waals surface area (Å²) >= 11 is 0. The molecule has 3 N–H and O–H groups in total. The van der Waals surface area contributed by atoms with Gasteiger partial charge in [0.05, 0.1) is 18.5 Å². The summed E-state index contributed by atoms with van der Waals surface area (Å²) in [6.07, 6.45) is 0.880. The molecule has 2 atom stereocenters. The highest BCUT2D eigenvalue weighted by molar-refractivity contribution is 7.89. The molecule has 0 radical (unpaired) electrons. The van der Waals surface area contributed by atoms with E-state index in [9.17, 15) is 8.42 Å². The van der Waals surface area contributed by atoms with Crippen LogP contribution in [0.25, 0.3) is 0 Å². The lowest BCUT2D eigenvalue weighted by atomic mass is 10.3. The van der Waals surface area contributed by atoms with Gasteiger partial charge in [0, 0.05) is 19.7 Å². The van der Waals surface area contributed by atoms with Gasteiger partial charge in [-0.3, -0.25) is 5.41 Å². The topological polar surface area (TPSA) is 106 Å². The summed E-state index contributed by atoms with van der Waals surface area (Å²) in [5, 5.41) is 7.31. The third kappa shape index (κ3) is 3.19. The minimum atomic E-state index is -3.36. The molecule has 0 bridgehead atoms. The lowest BCUT2D eigenvalue weighted by Crippen LogP contribution is -2.51. The molecule has 2 unspecified atom stereocenters. The molecule has 0 saturated carbocycles. The molecule has 2 fully saturated rings. The lowest BCUT2D eigenvalue weighted by molar-refractivity contribution is 0.0361. The normalized spacial score (nSPS) is 30.4. The van der Waals surface area contributed by atoms with Crippen LogP contribution in [0.1, 0.15) is 12.8 Å². The SMILES string of the molecule is N=C(N)C1CN(S(=O)(=O)CC2CCCO2)CCO1. The van der Waals surface area contributed by atoms with E-state index in [2.05, 4.69) is 0 Å². The Morgan fingerprint density at radius 3 is 2.78 bits per heavy atom. The standard InChI is InChI=1S/C10H19N3O4S/c11-10(12)9-6-13(3-5-17-9)18(14,15)7-8-2-1-4-16-8/h8-9H,1-7H2,(H3,11,12). The highest BCUT2D eigenvalue weighted by Gasteiger charge is 2.33. The van der Waals surface area contributed by atoms with E-state index in [0.29, 0.717) is 13.2 Å². The summed E-state index contributed by atoms with van der Waals surface area (Å²) in [5.74, 6) is -0.121. The van der Waals surface area contributed by atoms with Gasteiger partial charge in [-0.25, -0.2) is 8.42 Å². The van der Waals surface area contributed by atoms with Crippen molar-refractivity contribution in [3.05, 3.63) is 0 Å². The van der Waals surface area contributed by atoms with E-state index in [-0.39, 0.29) is 30.8 Å². The second-order valence-corrected chi connectivity index (χ2v) is 6.60. The maximum absolute atomic E-state index is 12.2. The number of morpholine rings is 1. The van der Waals surface area contributed by atoms with Crippen LogP contribution < -0.4 is 5.73 Å². The highest BCUT2D eigenvalue weighted by Crippen LogP contribution is 2.18. The molecule has 104 valence electrons. The van der Waals surface area contributed by atoms with Gasteiger partial charge in [0.15, 0.2) is 0 Å². The van der Waals surface area contributed by atoms with Gasteiger partial charge < -0.3 is 15.2 Å². The molecule has 7 nitrogen and oxygen atoms in total. The van der Waals surface area contributed by atoms with Crippen LogP contribution in [-0.4, -0.2) is 62.8 Å². The van der Waals surface area contributed by atoms with Crippen LogP contribution in [-0.2, 0) is 19.5 Å². The van der Waals surface area contributed by atoms with E-state index in [4.69, 9.17) is 20.6 Å². The molecule has 0 spiro atoms. The van der Waals surface area contributed by atoms with Gasteiger partial charge in [-0.2, -0.15) is 4.31 Å². The van der Waals surface area contributed by atoms with Crippen LogP contribution in [0.4, 0.5) is 0 Å². The van der Waals surface area contributed by atoms with Gasteiger partial charge in [-0.1, -0.05) is 0 Å². The fourth-order valence-corrected chi connectivity index (χ4v) is 3.84. The number of hydrogen-bond donors (Lipinski definition) is 2. The summed E-state index contributed by atoms with van der Waals surface area (Å²) in [7, 11) is -3.36. The molecule has 18 heavy (non-hydrogen) atoms. The number of amidine groups is 1. The first-order valence-electron chi connectivity index (χ1n) is 6.04. The third-order valence-corrected chi connectivity index (χ3v) is 5.10. The number of nitrogens with one attached hydrogen (secondary N) is 1. The maximum Gasteiger partial charge on any atom is 0.216 e. The minimum Gasteiger partial charge on any atom is -0.385 e. The Kier molecular flexibility index (Phi) is 4.21. The van der Waals surface area contributed by atoms with Gasteiger partial charge in [-0.15, -0.1) is 0 Å². The predicted octanol–water partition coefficient (Wildman–Crippen LogP) is -0.868. The first-order chi connectivity index (χ1) is 8.49. The van der Waals surface area contributed by atoms with Gasteiger partial charge in [0.1, 0.15) is 11.9 Å². The van der Waals surface area contributed by atoms with E-state index in [1.54, 1.807) is 0 Å². The number of nitrogens with zero attached hydrogens (tertiary/aromatic N) is 1. The van der Waals surface area contributed by atoms with E-state index in [1.807, 2.05) is 0 Å². The molecule has 2 rings (SSSR count). The number of rotatable bonds is 4. The van der Waals surface area contributed by atoms with Gasteiger partial charge in [0.25, 0.3) is 0 Å². The van der Waals surface area contributed by atoms with E-state index in [0.717, 1.165) is 12.8 Å². The Morgan fingerprint density at radius 2 is 2.17 bits per heavy atom. The average molecular weight is 277 g/mol. The molecule has 0 aromatic carbocycles. The molecule has 0 amide bonds.